The fraction of sp³-hybridized carbons (Fsp3) is 0.238. The van der Waals surface area contributed by atoms with Gasteiger partial charge in [-0.2, -0.15) is 0 Å². The molecule has 7 heteroatoms. The van der Waals surface area contributed by atoms with E-state index in [2.05, 4.69) is 20.5 Å². The minimum absolute atomic E-state index is 0.0690. The number of aryl methyl sites for hydroxylation is 1. The Hall–Kier alpha value is -2.93. The monoisotopic (exact) mass is 394 g/mol. The average Bonchev–Trinajstić information content (AvgIpc) is 3.15. The molecule has 1 amide bonds. The second-order valence-electron chi connectivity index (χ2n) is 6.43. The predicted molar refractivity (Wildman–Crippen MR) is 112 cm³/mol. The lowest BCUT2D eigenvalue weighted by Gasteiger charge is -2.08. The third-order valence-corrected chi connectivity index (χ3v) is 5.08. The molecule has 0 saturated heterocycles. The van der Waals surface area contributed by atoms with E-state index < -0.39 is 0 Å². The van der Waals surface area contributed by atoms with E-state index in [1.807, 2.05) is 31.2 Å². The van der Waals surface area contributed by atoms with E-state index in [1.165, 1.54) is 24.2 Å². The van der Waals surface area contributed by atoms with Gasteiger partial charge in [-0.15, -0.1) is 5.10 Å². The van der Waals surface area contributed by atoms with Gasteiger partial charge < -0.3 is 5.32 Å². The largest absolute Gasteiger partial charge is 0.325 e. The van der Waals surface area contributed by atoms with Crippen LogP contribution in [-0.4, -0.2) is 32.6 Å². The molecule has 2 N–H and O–H groups in total. The first-order valence-corrected chi connectivity index (χ1v) is 10.0. The zero-order valence-corrected chi connectivity index (χ0v) is 16.7. The number of ketones is 1. The lowest BCUT2D eigenvalue weighted by Crippen LogP contribution is -2.13. The molecule has 0 radical (unpaired) electrons. The minimum Gasteiger partial charge on any atom is -0.325 e. The summed E-state index contributed by atoms with van der Waals surface area (Å²) < 4.78 is 0. The molecule has 0 spiro atoms. The number of para-hydroxylation sites is 1. The van der Waals surface area contributed by atoms with Crippen molar-refractivity contribution in [2.45, 2.75) is 31.8 Å². The number of benzene rings is 2. The first-order chi connectivity index (χ1) is 13.5. The molecule has 0 saturated carbocycles. The first kappa shape index (κ1) is 19.8. The zero-order chi connectivity index (χ0) is 19.9. The number of nitrogens with zero attached hydrogens (tertiary/aromatic N) is 2. The molecule has 3 rings (SSSR count). The number of carbonyl (C=O) groups is 2. The SMILES string of the molecule is CC(=O)c1ccccc1NC(=O)CCCSc1n[nH]c(-c2ccc(C)cc2)n1. The van der Waals surface area contributed by atoms with Gasteiger partial charge in [0.15, 0.2) is 11.6 Å². The molecule has 6 nitrogen and oxygen atoms in total. The summed E-state index contributed by atoms with van der Waals surface area (Å²) in [4.78, 5) is 28.2. The fourth-order valence-corrected chi connectivity index (χ4v) is 3.40. The summed E-state index contributed by atoms with van der Waals surface area (Å²) in [6, 6.07) is 15.1. The topological polar surface area (TPSA) is 87.7 Å². The highest BCUT2D eigenvalue weighted by Gasteiger charge is 2.10. The molecule has 0 aliphatic carbocycles. The highest BCUT2D eigenvalue weighted by molar-refractivity contribution is 7.99. The minimum atomic E-state index is -0.107. The Morgan fingerprint density at radius 3 is 2.61 bits per heavy atom. The number of amides is 1. The van der Waals surface area contributed by atoms with Gasteiger partial charge in [0.2, 0.25) is 11.1 Å². The Morgan fingerprint density at radius 2 is 1.86 bits per heavy atom. The van der Waals surface area contributed by atoms with E-state index in [0.29, 0.717) is 29.2 Å². The van der Waals surface area contributed by atoms with Crippen molar-refractivity contribution in [1.82, 2.24) is 15.2 Å². The van der Waals surface area contributed by atoms with Gasteiger partial charge in [0.1, 0.15) is 0 Å². The maximum atomic E-state index is 12.1. The van der Waals surface area contributed by atoms with Crippen LogP contribution in [-0.2, 0) is 4.79 Å². The lowest BCUT2D eigenvalue weighted by atomic mass is 10.1. The number of rotatable bonds is 8. The second-order valence-corrected chi connectivity index (χ2v) is 7.50. The smallest absolute Gasteiger partial charge is 0.224 e. The van der Waals surface area contributed by atoms with Gasteiger partial charge in [0.05, 0.1) is 5.69 Å². The lowest BCUT2D eigenvalue weighted by molar-refractivity contribution is -0.116. The van der Waals surface area contributed by atoms with Gasteiger partial charge in [0, 0.05) is 23.3 Å². The molecule has 0 aliphatic heterocycles. The fourth-order valence-electron chi connectivity index (χ4n) is 2.66. The number of anilines is 1. The van der Waals surface area contributed by atoms with Crippen molar-refractivity contribution in [3.8, 4) is 11.4 Å². The first-order valence-electron chi connectivity index (χ1n) is 9.05. The number of H-pyrrole nitrogens is 1. The standard InChI is InChI=1S/C21H22N4O2S/c1-14-9-11-16(12-10-14)20-23-21(25-24-20)28-13-5-8-19(27)22-18-7-4-3-6-17(18)15(2)26/h3-4,6-7,9-12H,5,8,13H2,1-2H3,(H,22,27)(H,23,24,25). The Balaban J connectivity index is 1.45. The second kappa shape index (κ2) is 9.32. The van der Waals surface area contributed by atoms with Crippen molar-refractivity contribution in [1.29, 1.82) is 0 Å². The number of aromatic amines is 1. The van der Waals surface area contributed by atoms with Crippen LogP contribution in [0.15, 0.2) is 53.7 Å². The van der Waals surface area contributed by atoms with Gasteiger partial charge in [-0.1, -0.05) is 53.7 Å². The molecule has 3 aromatic rings. The molecule has 0 unspecified atom stereocenters. The van der Waals surface area contributed by atoms with Crippen LogP contribution in [0.25, 0.3) is 11.4 Å². The molecular formula is C21H22N4O2S. The summed E-state index contributed by atoms with van der Waals surface area (Å²) in [7, 11) is 0. The molecule has 0 aliphatic rings. The molecule has 1 aromatic heterocycles. The van der Waals surface area contributed by atoms with Crippen LogP contribution in [0.4, 0.5) is 5.69 Å². The number of nitrogens with one attached hydrogen (secondary N) is 2. The van der Waals surface area contributed by atoms with E-state index >= 15 is 0 Å². The number of Topliss-reactive ketones (excluding diaryl/α,β-unsaturated/α-hetero) is 1. The zero-order valence-electron chi connectivity index (χ0n) is 15.9. The Kier molecular flexibility index (Phi) is 6.60. The van der Waals surface area contributed by atoms with Crippen LogP contribution in [0, 0.1) is 6.92 Å². The van der Waals surface area contributed by atoms with Crippen molar-refractivity contribution in [3.63, 3.8) is 0 Å². The van der Waals surface area contributed by atoms with E-state index in [0.717, 1.165) is 17.1 Å². The summed E-state index contributed by atoms with van der Waals surface area (Å²) in [5.74, 6) is 1.29. The van der Waals surface area contributed by atoms with Gasteiger partial charge in [-0.25, -0.2) is 4.98 Å². The Morgan fingerprint density at radius 1 is 1.11 bits per heavy atom. The normalized spacial score (nSPS) is 10.6. The number of carbonyl (C=O) groups excluding carboxylic acids is 2. The van der Waals surface area contributed by atoms with Crippen LogP contribution in [0.5, 0.6) is 0 Å². The van der Waals surface area contributed by atoms with Crippen molar-refractivity contribution in [2.24, 2.45) is 0 Å². The number of hydrogen-bond acceptors (Lipinski definition) is 5. The number of hydrogen-bond donors (Lipinski definition) is 2. The summed E-state index contributed by atoms with van der Waals surface area (Å²) in [6.45, 7) is 3.53. The van der Waals surface area contributed by atoms with Crippen molar-refractivity contribution in [3.05, 3.63) is 59.7 Å². The van der Waals surface area contributed by atoms with Crippen LogP contribution >= 0.6 is 11.8 Å². The van der Waals surface area contributed by atoms with E-state index in [1.54, 1.807) is 24.3 Å². The molecule has 0 atom stereocenters. The quantitative estimate of drug-likeness (QED) is 0.334. The highest BCUT2D eigenvalue weighted by Crippen LogP contribution is 2.21. The molecular weight excluding hydrogens is 372 g/mol. The summed E-state index contributed by atoms with van der Waals surface area (Å²) in [6.07, 6.45) is 1.06. The van der Waals surface area contributed by atoms with E-state index in [9.17, 15) is 9.59 Å². The summed E-state index contributed by atoms with van der Waals surface area (Å²) >= 11 is 1.51. The van der Waals surface area contributed by atoms with E-state index in [-0.39, 0.29) is 11.7 Å². The third-order valence-electron chi connectivity index (χ3n) is 4.15. The molecule has 28 heavy (non-hydrogen) atoms. The van der Waals surface area contributed by atoms with E-state index in [4.69, 9.17) is 0 Å². The van der Waals surface area contributed by atoms with Gasteiger partial charge in [0.25, 0.3) is 0 Å². The Labute approximate surface area is 168 Å². The number of aromatic nitrogens is 3. The van der Waals surface area contributed by atoms with Crippen LogP contribution in [0.3, 0.4) is 0 Å². The third kappa shape index (κ3) is 5.29. The predicted octanol–water partition coefficient (Wildman–Crippen LogP) is 4.49. The number of thioether (sulfide) groups is 1. The van der Waals surface area contributed by atoms with Gasteiger partial charge >= 0.3 is 0 Å². The average molecular weight is 394 g/mol. The van der Waals surface area contributed by atoms with Crippen LogP contribution in [0.2, 0.25) is 0 Å². The van der Waals surface area contributed by atoms with Crippen molar-refractivity contribution >= 4 is 29.1 Å². The summed E-state index contributed by atoms with van der Waals surface area (Å²) in [5, 5.41) is 10.6. The van der Waals surface area contributed by atoms with Crippen LogP contribution < -0.4 is 5.32 Å². The Bertz CT molecular complexity index is 967. The maximum Gasteiger partial charge on any atom is 0.224 e. The van der Waals surface area contributed by atoms with Crippen molar-refractivity contribution < 1.29 is 9.59 Å². The van der Waals surface area contributed by atoms with Gasteiger partial charge in [-0.3, -0.25) is 14.7 Å². The summed E-state index contributed by atoms with van der Waals surface area (Å²) in [5.41, 5.74) is 3.27. The highest BCUT2D eigenvalue weighted by atomic mass is 32.2. The molecule has 0 fully saturated rings. The molecule has 0 bridgehead atoms. The molecule has 1 heterocycles. The van der Waals surface area contributed by atoms with Crippen LogP contribution in [0.1, 0.15) is 35.7 Å². The maximum absolute atomic E-state index is 12.1. The molecule has 2 aromatic carbocycles. The molecule has 144 valence electrons. The van der Waals surface area contributed by atoms with Gasteiger partial charge in [-0.05, 0) is 32.4 Å². The van der Waals surface area contributed by atoms with Crippen molar-refractivity contribution in [2.75, 3.05) is 11.1 Å².